The Bertz CT molecular complexity index is 271. The third kappa shape index (κ3) is 1.50. The Morgan fingerprint density at radius 2 is 2.00 bits per heavy atom. The molecule has 1 aliphatic rings. The van der Waals surface area contributed by atoms with Crippen LogP contribution in [0.25, 0.3) is 0 Å². The molecule has 0 unspecified atom stereocenters. The van der Waals surface area contributed by atoms with Gasteiger partial charge in [-0.1, -0.05) is 11.6 Å². The van der Waals surface area contributed by atoms with Gasteiger partial charge < -0.3 is 4.90 Å². The monoisotopic (exact) mass is 183 g/mol. The first-order chi connectivity index (χ1) is 5.86. The molecule has 0 aliphatic carbocycles. The average Bonchev–Trinajstić information content (AvgIpc) is 2.56. The smallest absolute Gasteiger partial charge is 0.134 e. The van der Waals surface area contributed by atoms with Crippen LogP contribution in [0.5, 0.6) is 0 Å². The quantitative estimate of drug-likeness (QED) is 0.621. The van der Waals surface area contributed by atoms with Crippen LogP contribution in [0.2, 0.25) is 5.15 Å². The van der Waals surface area contributed by atoms with Gasteiger partial charge in [0.2, 0.25) is 0 Å². The fourth-order valence-corrected chi connectivity index (χ4v) is 1.58. The van der Waals surface area contributed by atoms with E-state index in [2.05, 4.69) is 14.9 Å². The summed E-state index contributed by atoms with van der Waals surface area (Å²) >= 11 is 5.75. The molecule has 1 aromatic rings. The highest BCUT2D eigenvalue weighted by Crippen LogP contribution is 2.18. The van der Waals surface area contributed by atoms with E-state index in [1.165, 1.54) is 19.2 Å². The Morgan fingerprint density at radius 3 is 2.67 bits per heavy atom. The molecule has 0 saturated carbocycles. The predicted molar refractivity (Wildman–Crippen MR) is 48.5 cm³/mol. The molecule has 0 amide bonds. The maximum Gasteiger partial charge on any atom is 0.134 e. The van der Waals surface area contributed by atoms with Gasteiger partial charge in [0.1, 0.15) is 17.3 Å². The molecule has 0 aromatic carbocycles. The molecule has 0 bridgehead atoms. The lowest BCUT2D eigenvalue weighted by Gasteiger charge is -2.15. The van der Waals surface area contributed by atoms with Gasteiger partial charge in [-0.05, 0) is 12.8 Å². The zero-order valence-corrected chi connectivity index (χ0v) is 7.46. The van der Waals surface area contributed by atoms with Gasteiger partial charge in [-0.3, -0.25) is 0 Å². The summed E-state index contributed by atoms with van der Waals surface area (Å²) in [4.78, 5) is 10.2. The summed E-state index contributed by atoms with van der Waals surface area (Å²) in [7, 11) is 0. The molecule has 0 radical (unpaired) electrons. The fraction of sp³-hybridized carbons (Fsp3) is 0.500. The summed E-state index contributed by atoms with van der Waals surface area (Å²) in [6, 6.07) is 1.81. The van der Waals surface area contributed by atoms with Crippen molar-refractivity contribution in [1.29, 1.82) is 0 Å². The molecular weight excluding hydrogens is 174 g/mol. The van der Waals surface area contributed by atoms with Crippen molar-refractivity contribution in [3.05, 3.63) is 17.5 Å². The summed E-state index contributed by atoms with van der Waals surface area (Å²) in [5.41, 5.74) is 0. The van der Waals surface area contributed by atoms with Crippen LogP contribution in [0.3, 0.4) is 0 Å². The highest BCUT2D eigenvalue weighted by Gasteiger charge is 2.13. The molecule has 1 aliphatic heterocycles. The highest BCUT2D eigenvalue weighted by atomic mass is 35.5. The van der Waals surface area contributed by atoms with Crippen LogP contribution in [0.15, 0.2) is 12.4 Å². The average molecular weight is 184 g/mol. The van der Waals surface area contributed by atoms with Crippen molar-refractivity contribution in [2.75, 3.05) is 18.0 Å². The zero-order chi connectivity index (χ0) is 8.39. The van der Waals surface area contributed by atoms with E-state index >= 15 is 0 Å². The maximum atomic E-state index is 5.75. The third-order valence-corrected chi connectivity index (χ3v) is 2.26. The van der Waals surface area contributed by atoms with Gasteiger partial charge in [0.15, 0.2) is 0 Å². The van der Waals surface area contributed by atoms with Gasteiger partial charge in [0, 0.05) is 19.2 Å². The number of aromatic nitrogens is 2. The van der Waals surface area contributed by atoms with Crippen molar-refractivity contribution in [2.45, 2.75) is 12.8 Å². The van der Waals surface area contributed by atoms with E-state index < -0.39 is 0 Å². The van der Waals surface area contributed by atoms with Gasteiger partial charge in [0.05, 0.1) is 0 Å². The van der Waals surface area contributed by atoms with Crippen LogP contribution in [-0.2, 0) is 0 Å². The fourth-order valence-electron chi connectivity index (χ4n) is 1.44. The van der Waals surface area contributed by atoms with Crippen LogP contribution in [0.1, 0.15) is 12.8 Å². The second kappa shape index (κ2) is 3.27. The van der Waals surface area contributed by atoms with E-state index in [1.54, 1.807) is 0 Å². The lowest BCUT2D eigenvalue weighted by atomic mass is 10.4. The number of nitrogens with zero attached hydrogens (tertiary/aromatic N) is 3. The summed E-state index contributed by atoms with van der Waals surface area (Å²) in [5.74, 6) is 0.951. The first-order valence-corrected chi connectivity index (χ1v) is 4.46. The minimum absolute atomic E-state index is 0.520. The Hall–Kier alpha value is -0.830. The van der Waals surface area contributed by atoms with Crippen LogP contribution in [-0.4, -0.2) is 23.1 Å². The molecule has 0 atom stereocenters. The lowest BCUT2D eigenvalue weighted by Crippen LogP contribution is -2.18. The van der Waals surface area contributed by atoms with Crippen LogP contribution < -0.4 is 4.90 Å². The lowest BCUT2D eigenvalue weighted by molar-refractivity contribution is 0.927. The van der Waals surface area contributed by atoms with Crippen LogP contribution in [0.4, 0.5) is 5.82 Å². The molecule has 64 valence electrons. The molecule has 1 aromatic heterocycles. The first kappa shape index (κ1) is 7.80. The summed E-state index contributed by atoms with van der Waals surface area (Å²) in [6.45, 7) is 2.18. The zero-order valence-electron chi connectivity index (χ0n) is 6.70. The first-order valence-electron chi connectivity index (χ1n) is 4.09. The molecule has 12 heavy (non-hydrogen) atoms. The largest absolute Gasteiger partial charge is 0.356 e. The summed E-state index contributed by atoms with van der Waals surface area (Å²) < 4.78 is 0. The molecule has 2 rings (SSSR count). The van der Waals surface area contributed by atoms with E-state index in [0.29, 0.717) is 5.15 Å². The second-order valence-corrected chi connectivity index (χ2v) is 3.28. The van der Waals surface area contributed by atoms with E-state index in [0.717, 1.165) is 18.9 Å². The molecule has 3 nitrogen and oxygen atoms in total. The van der Waals surface area contributed by atoms with Crippen LogP contribution in [0, 0.1) is 0 Å². The molecular formula is C8H10ClN3. The second-order valence-electron chi connectivity index (χ2n) is 2.89. The molecule has 2 heterocycles. The Balaban J connectivity index is 2.21. The number of anilines is 1. The van der Waals surface area contributed by atoms with E-state index in [4.69, 9.17) is 11.6 Å². The molecule has 0 spiro atoms. The van der Waals surface area contributed by atoms with E-state index in [9.17, 15) is 0 Å². The van der Waals surface area contributed by atoms with Gasteiger partial charge in [0.25, 0.3) is 0 Å². The number of hydrogen-bond acceptors (Lipinski definition) is 3. The molecule has 0 N–H and O–H groups in total. The summed E-state index contributed by atoms with van der Waals surface area (Å²) in [5, 5.41) is 0.520. The van der Waals surface area contributed by atoms with Gasteiger partial charge in [-0.2, -0.15) is 0 Å². The maximum absolute atomic E-state index is 5.75. The van der Waals surface area contributed by atoms with Gasteiger partial charge in [-0.25, -0.2) is 9.97 Å². The Morgan fingerprint density at radius 1 is 1.25 bits per heavy atom. The van der Waals surface area contributed by atoms with E-state index in [1.807, 2.05) is 6.07 Å². The Kier molecular flexibility index (Phi) is 2.13. The summed E-state index contributed by atoms with van der Waals surface area (Å²) in [6.07, 6.45) is 4.01. The standard InChI is InChI=1S/C8H10ClN3/c9-7-5-8(11-6-10-7)12-3-1-2-4-12/h5-6H,1-4H2. The normalized spacial score (nSPS) is 16.9. The van der Waals surface area contributed by atoms with Crippen molar-refractivity contribution in [2.24, 2.45) is 0 Å². The SMILES string of the molecule is Clc1cc(N2CCCC2)ncn1. The highest BCUT2D eigenvalue weighted by molar-refractivity contribution is 6.29. The van der Waals surface area contributed by atoms with Gasteiger partial charge in [-0.15, -0.1) is 0 Å². The molecule has 1 fully saturated rings. The van der Waals surface area contributed by atoms with Crippen molar-refractivity contribution < 1.29 is 0 Å². The number of rotatable bonds is 1. The van der Waals surface area contributed by atoms with E-state index in [-0.39, 0.29) is 0 Å². The van der Waals surface area contributed by atoms with Crippen molar-refractivity contribution >= 4 is 17.4 Å². The number of halogens is 1. The van der Waals surface area contributed by atoms with Crippen LogP contribution >= 0.6 is 11.6 Å². The topological polar surface area (TPSA) is 29.0 Å². The third-order valence-electron chi connectivity index (χ3n) is 2.05. The Labute approximate surface area is 76.4 Å². The number of hydrogen-bond donors (Lipinski definition) is 0. The molecule has 1 saturated heterocycles. The minimum atomic E-state index is 0.520. The van der Waals surface area contributed by atoms with Crippen molar-refractivity contribution in [1.82, 2.24) is 9.97 Å². The predicted octanol–water partition coefficient (Wildman–Crippen LogP) is 1.73. The molecule has 4 heteroatoms. The van der Waals surface area contributed by atoms with Crippen molar-refractivity contribution in [3.8, 4) is 0 Å². The van der Waals surface area contributed by atoms with Gasteiger partial charge >= 0.3 is 0 Å². The minimum Gasteiger partial charge on any atom is -0.356 e. The van der Waals surface area contributed by atoms with Crippen molar-refractivity contribution in [3.63, 3.8) is 0 Å².